The summed E-state index contributed by atoms with van der Waals surface area (Å²) in [5.41, 5.74) is 0.283. The molecule has 0 unspecified atom stereocenters. The molecule has 3 rings (SSSR count). The van der Waals surface area contributed by atoms with Gasteiger partial charge in [-0.05, 0) is 42.0 Å². The van der Waals surface area contributed by atoms with Gasteiger partial charge in [0.1, 0.15) is 5.75 Å². The van der Waals surface area contributed by atoms with Crippen LogP contribution in [0.1, 0.15) is 30.1 Å². The van der Waals surface area contributed by atoms with E-state index in [0.29, 0.717) is 24.7 Å². The third-order valence-corrected chi connectivity index (χ3v) is 5.33. The number of esters is 1. The van der Waals surface area contributed by atoms with Crippen LogP contribution in [0.3, 0.4) is 0 Å². The van der Waals surface area contributed by atoms with Crippen molar-refractivity contribution in [3.8, 4) is 5.75 Å². The molecule has 0 saturated heterocycles. The van der Waals surface area contributed by atoms with Crippen LogP contribution in [0.2, 0.25) is 0 Å². The molecule has 0 aliphatic carbocycles. The molecule has 2 aromatic carbocycles. The van der Waals surface area contributed by atoms with E-state index in [-0.39, 0.29) is 13.0 Å². The van der Waals surface area contributed by atoms with Crippen molar-refractivity contribution in [3.63, 3.8) is 0 Å². The Morgan fingerprint density at radius 1 is 1.27 bits per heavy atom. The van der Waals surface area contributed by atoms with E-state index in [1.807, 2.05) is 36.4 Å². The van der Waals surface area contributed by atoms with E-state index >= 15 is 0 Å². The van der Waals surface area contributed by atoms with Crippen molar-refractivity contribution in [2.24, 2.45) is 4.99 Å². The van der Waals surface area contributed by atoms with Gasteiger partial charge in [-0.3, -0.25) is 0 Å². The van der Waals surface area contributed by atoms with Gasteiger partial charge in [0, 0.05) is 29.5 Å². The molecule has 1 aliphatic rings. The zero-order chi connectivity index (χ0) is 21.6. The fourth-order valence-corrected chi connectivity index (χ4v) is 3.59. The minimum Gasteiger partial charge on any atom is -0.494 e. The summed E-state index contributed by atoms with van der Waals surface area (Å²) in [4.78, 5) is 17.5. The number of hydrogen-bond donors (Lipinski definition) is 1. The molecular weight excluding hydrogens is 450 g/mol. The number of aliphatic hydroxyl groups is 1. The van der Waals surface area contributed by atoms with Crippen LogP contribution < -0.4 is 4.74 Å². The molecular formula is C23H24BrNO5. The highest BCUT2D eigenvalue weighted by molar-refractivity contribution is 9.10. The molecule has 0 spiro atoms. The van der Waals surface area contributed by atoms with Gasteiger partial charge in [-0.15, -0.1) is 6.58 Å². The third-order valence-electron chi connectivity index (χ3n) is 4.80. The van der Waals surface area contributed by atoms with Gasteiger partial charge in [-0.2, -0.15) is 0 Å². The predicted molar refractivity (Wildman–Crippen MR) is 118 cm³/mol. The maximum Gasteiger partial charge on any atom is 0.338 e. The predicted octanol–water partition coefficient (Wildman–Crippen LogP) is 4.22. The Balaban J connectivity index is 1.95. The number of methoxy groups -OCH3 is 1. The first-order valence-electron chi connectivity index (χ1n) is 9.59. The summed E-state index contributed by atoms with van der Waals surface area (Å²) < 4.78 is 17.8. The van der Waals surface area contributed by atoms with Gasteiger partial charge in [0.05, 0.1) is 13.7 Å². The lowest BCUT2D eigenvalue weighted by Crippen LogP contribution is -2.41. The molecule has 0 aromatic heterocycles. The van der Waals surface area contributed by atoms with Gasteiger partial charge in [-0.1, -0.05) is 34.1 Å². The minimum absolute atomic E-state index is 0.0824. The van der Waals surface area contributed by atoms with E-state index < -0.39 is 17.6 Å². The third kappa shape index (κ3) is 4.57. The first-order chi connectivity index (χ1) is 14.5. The Bertz CT molecular complexity index is 910. The number of benzene rings is 2. The highest BCUT2D eigenvalue weighted by atomic mass is 79.9. The van der Waals surface area contributed by atoms with Crippen LogP contribution in [-0.2, 0) is 14.3 Å². The van der Waals surface area contributed by atoms with Crippen LogP contribution in [0.25, 0.3) is 0 Å². The number of carbonyl (C=O) groups is 1. The smallest absolute Gasteiger partial charge is 0.338 e. The molecule has 6 nitrogen and oxygen atoms in total. The zero-order valence-electron chi connectivity index (χ0n) is 16.7. The molecule has 0 fully saturated rings. The van der Waals surface area contributed by atoms with Crippen molar-refractivity contribution in [2.45, 2.75) is 24.5 Å². The van der Waals surface area contributed by atoms with Crippen molar-refractivity contribution < 1.29 is 24.1 Å². The lowest BCUT2D eigenvalue weighted by molar-refractivity contribution is -0.149. The van der Waals surface area contributed by atoms with Crippen molar-refractivity contribution in [3.05, 3.63) is 76.8 Å². The molecule has 2 atom stereocenters. The number of aliphatic hydroxyl groups excluding tert-OH is 1. The van der Waals surface area contributed by atoms with Crippen molar-refractivity contribution >= 4 is 27.8 Å². The topological polar surface area (TPSA) is 77.4 Å². The number of nitrogens with zero attached hydrogens (tertiary/aromatic N) is 1. The number of ether oxygens (including phenoxy) is 3. The number of carbonyl (C=O) groups excluding carboxylic acids is 1. The van der Waals surface area contributed by atoms with E-state index in [2.05, 4.69) is 22.5 Å². The zero-order valence-corrected chi connectivity index (χ0v) is 18.3. The highest BCUT2D eigenvalue weighted by Crippen LogP contribution is 2.43. The second-order valence-corrected chi connectivity index (χ2v) is 7.74. The summed E-state index contributed by atoms with van der Waals surface area (Å²) in [5, 5.41) is 8.86. The molecule has 1 aliphatic heterocycles. The lowest BCUT2D eigenvalue weighted by Gasteiger charge is -2.28. The van der Waals surface area contributed by atoms with Crippen molar-refractivity contribution in [1.29, 1.82) is 0 Å². The number of halogens is 1. The minimum atomic E-state index is -1.25. The van der Waals surface area contributed by atoms with E-state index in [1.54, 1.807) is 18.2 Å². The second-order valence-electron chi connectivity index (χ2n) is 6.83. The molecule has 0 saturated carbocycles. The van der Waals surface area contributed by atoms with Crippen LogP contribution in [0.5, 0.6) is 5.75 Å². The molecule has 2 aromatic rings. The largest absolute Gasteiger partial charge is 0.494 e. The Kier molecular flexibility index (Phi) is 7.29. The van der Waals surface area contributed by atoms with Crippen LogP contribution in [0.15, 0.2) is 70.7 Å². The number of hydrogen-bond acceptors (Lipinski definition) is 6. The Morgan fingerprint density at radius 3 is 2.57 bits per heavy atom. The van der Waals surface area contributed by atoms with E-state index in [0.717, 1.165) is 15.6 Å². The van der Waals surface area contributed by atoms with Crippen LogP contribution in [0.4, 0.5) is 0 Å². The summed E-state index contributed by atoms with van der Waals surface area (Å²) in [5.74, 6) is 0.562. The molecule has 7 heteroatoms. The molecule has 1 N–H and O–H groups in total. The number of aliphatic imine (C=N–C) groups is 1. The summed E-state index contributed by atoms with van der Waals surface area (Å²) in [6.45, 7) is 4.32. The number of rotatable bonds is 9. The lowest BCUT2D eigenvalue weighted by atomic mass is 9.85. The molecule has 0 radical (unpaired) electrons. The highest BCUT2D eigenvalue weighted by Gasteiger charge is 2.53. The van der Waals surface area contributed by atoms with E-state index in [9.17, 15) is 4.79 Å². The Hall–Kier alpha value is -2.64. The molecule has 30 heavy (non-hydrogen) atoms. The Labute approximate surface area is 184 Å². The second kappa shape index (κ2) is 9.91. The summed E-state index contributed by atoms with van der Waals surface area (Å²) in [6.07, 6.45) is 1.84. The van der Waals surface area contributed by atoms with Gasteiger partial charge in [0.25, 0.3) is 0 Å². The maximum absolute atomic E-state index is 12.8. The quantitative estimate of drug-likeness (QED) is 0.335. The van der Waals surface area contributed by atoms with Crippen molar-refractivity contribution in [2.75, 3.05) is 20.3 Å². The fourth-order valence-electron chi connectivity index (χ4n) is 3.32. The average molecular weight is 474 g/mol. The van der Waals surface area contributed by atoms with Gasteiger partial charge in [0.15, 0.2) is 6.10 Å². The van der Waals surface area contributed by atoms with E-state index in [4.69, 9.17) is 24.3 Å². The average Bonchev–Trinajstić information content (AvgIpc) is 3.15. The van der Waals surface area contributed by atoms with Gasteiger partial charge >= 0.3 is 5.97 Å². The van der Waals surface area contributed by atoms with E-state index in [1.165, 1.54) is 7.11 Å². The van der Waals surface area contributed by atoms with Crippen molar-refractivity contribution in [1.82, 2.24) is 0 Å². The first-order valence-corrected chi connectivity index (χ1v) is 10.4. The monoisotopic (exact) mass is 473 g/mol. The van der Waals surface area contributed by atoms with Crippen LogP contribution in [-0.4, -0.2) is 42.8 Å². The van der Waals surface area contributed by atoms with Gasteiger partial charge < -0.3 is 19.3 Å². The van der Waals surface area contributed by atoms with Crippen LogP contribution in [0, 0.1) is 0 Å². The van der Waals surface area contributed by atoms with Gasteiger partial charge in [-0.25, -0.2) is 9.79 Å². The standard InChI is InChI=1S/C23H24BrNO5/c1-3-13-23(22(27)28-2)20(16-5-9-18(24)10-6-16)30-21(25-23)17-7-11-19(12-8-17)29-15-4-14-26/h3,5-12,20,26H,1,4,13-15H2,2H3/t20-,23-/m1/s1. The van der Waals surface area contributed by atoms with Gasteiger partial charge in [0.2, 0.25) is 11.4 Å². The fraction of sp³-hybridized carbons (Fsp3) is 0.304. The summed E-state index contributed by atoms with van der Waals surface area (Å²) >= 11 is 3.43. The maximum atomic E-state index is 12.8. The molecule has 1 heterocycles. The molecule has 0 bridgehead atoms. The van der Waals surface area contributed by atoms with Crippen LogP contribution >= 0.6 is 15.9 Å². The SMILES string of the molecule is C=CC[C@@]1(C(=O)OC)N=C(c2ccc(OCCCO)cc2)O[C@@H]1c1ccc(Br)cc1. The summed E-state index contributed by atoms with van der Waals surface area (Å²) in [6, 6.07) is 14.8. The Morgan fingerprint density at radius 2 is 1.97 bits per heavy atom. The molecule has 0 amide bonds. The normalized spacial score (nSPS) is 20.2. The summed E-state index contributed by atoms with van der Waals surface area (Å²) in [7, 11) is 1.35. The molecule has 158 valence electrons. The first kappa shape index (κ1) is 22.1.